The maximum Gasteiger partial charge on any atom is 0.340 e. The predicted molar refractivity (Wildman–Crippen MR) is 76.1 cm³/mol. The van der Waals surface area contributed by atoms with Gasteiger partial charge >= 0.3 is 12.1 Å². The van der Waals surface area contributed by atoms with Gasteiger partial charge in [0, 0.05) is 9.79 Å². The Balaban J connectivity index is 2.44. The monoisotopic (exact) mass is 314 g/mol. The van der Waals surface area contributed by atoms with Gasteiger partial charge in [-0.05, 0) is 23.1 Å². The summed E-state index contributed by atoms with van der Waals surface area (Å²) in [7, 11) is 0. The number of hydrogen-bond donors (Lipinski definition) is 0. The van der Waals surface area contributed by atoms with Crippen molar-refractivity contribution in [1.29, 1.82) is 0 Å². The molecule has 0 amide bonds. The topological polar surface area (TPSA) is 34.1 Å². The van der Waals surface area contributed by atoms with Crippen LogP contribution < -0.4 is 0 Å². The van der Waals surface area contributed by atoms with Gasteiger partial charge in [0.15, 0.2) is 0 Å². The lowest BCUT2D eigenvalue weighted by Crippen LogP contribution is -2.10. The van der Waals surface area contributed by atoms with Crippen molar-refractivity contribution in [3.8, 4) is 0 Å². The van der Waals surface area contributed by atoms with E-state index in [2.05, 4.69) is 20.8 Å². The standard InChI is InChI=1S/C14H12F2O2S2/c1-14(2,3)7-4-5-8-9(6-7)20-13(19-8)10(11(15)17)12(16)18/h4-6H,1-3H3. The van der Waals surface area contributed by atoms with Crippen LogP contribution in [0, 0.1) is 0 Å². The summed E-state index contributed by atoms with van der Waals surface area (Å²) in [6.07, 6.45) is 0. The first-order valence-corrected chi connectivity index (χ1v) is 7.47. The van der Waals surface area contributed by atoms with Gasteiger partial charge < -0.3 is 0 Å². The number of allylic oxidation sites excluding steroid dienone is 1. The van der Waals surface area contributed by atoms with Crippen LogP contribution in [-0.2, 0) is 15.0 Å². The van der Waals surface area contributed by atoms with E-state index in [4.69, 9.17) is 0 Å². The van der Waals surface area contributed by atoms with Crippen molar-refractivity contribution >= 4 is 35.6 Å². The van der Waals surface area contributed by atoms with Gasteiger partial charge in [-0.25, -0.2) is 0 Å². The second-order valence-electron chi connectivity index (χ2n) is 5.33. The van der Waals surface area contributed by atoms with Crippen LogP contribution in [-0.4, -0.2) is 12.1 Å². The Kier molecular flexibility index (Phi) is 4.07. The van der Waals surface area contributed by atoms with Gasteiger partial charge in [-0.1, -0.05) is 50.4 Å². The molecule has 0 saturated heterocycles. The Morgan fingerprint density at radius 1 is 1.00 bits per heavy atom. The first kappa shape index (κ1) is 15.3. The average molecular weight is 314 g/mol. The Morgan fingerprint density at radius 2 is 1.55 bits per heavy atom. The summed E-state index contributed by atoms with van der Waals surface area (Å²) < 4.78 is 25.6. The number of halogens is 2. The minimum atomic E-state index is -2.03. The molecule has 6 heteroatoms. The van der Waals surface area contributed by atoms with Crippen molar-refractivity contribution < 1.29 is 18.4 Å². The van der Waals surface area contributed by atoms with Gasteiger partial charge in [-0.3, -0.25) is 9.59 Å². The molecule has 1 aliphatic heterocycles. The molecule has 0 atom stereocenters. The first-order valence-electron chi connectivity index (χ1n) is 5.84. The third-order valence-corrected chi connectivity index (χ3v) is 5.35. The van der Waals surface area contributed by atoms with Gasteiger partial charge in [-0.15, -0.1) is 0 Å². The van der Waals surface area contributed by atoms with Crippen molar-refractivity contribution in [1.82, 2.24) is 0 Å². The van der Waals surface area contributed by atoms with E-state index in [-0.39, 0.29) is 9.65 Å². The van der Waals surface area contributed by atoms with Gasteiger partial charge in [0.05, 0.1) is 4.24 Å². The third-order valence-electron chi connectivity index (χ3n) is 2.81. The number of rotatable bonds is 2. The molecule has 0 unspecified atom stereocenters. The van der Waals surface area contributed by atoms with Gasteiger partial charge in [0.2, 0.25) is 0 Å². The summed E-state index contributed by atoms with van der Waals surface area (Å²) in [5, 5.41) is 0. The largest absolute Gasteiger partial charge is 0.340 e. The molecular formula is C14H12F2O2S2. The van der Waals surface area contributed by atoms with E-state index in [9.17, 15) is 18.4 Å². The van der Waals surface area contributed by atoms with E-state index in [1.165, 1.54) is 0 Å². The molecule has 20 heavy (non-hydrogen) atoms. The number of benzene rings is 1. The normalized spacial score (nSPS) is 14.2. The van der Waals surface area contributed by atoms with E-state index in [0.717, 1.165) is 38.9 Å². The van der Waals surface area contributed by atoms with Crippen molar-refractivity contribution in [2.24, 2.45) is 0 Å². The average Bonchev–Trinajstić information content (AvgIpc) is 2.68. The van der Waals surface area contributed by atoms with Crippen LogP contribution in [0.4, 0.5) is 8.78 Å². The molecule has 1 heterocycles. The zero-order valence-corrected chi connectivity index (χ0v) is 12.8. The fraction of sp³-hybridized carbons (Fsp3) is 0.286. The molecule has 0 saturated carbocycles. The van der Waals surface area contributed by atoms with Crippen molar-refractivity contribution in [3.05, 3.63) is 33.6 Å². The lowest BCUT2D eigenvalue weighted by atomic mass is 9.87. The molecule has 0 fully saturated rings. The lowest BCUT2D eigenvalue weighted by Gasteiger charge is -2.19. The SMILES string of the molecule is CC(C)(C)c1ccc2c(c1)SC(=C(C(=O)F)C(=O)F)S2. The molecular weight excluding hydrogens is 302 g/mol. The summed E-state index contributed by atoms with van der Waals surface area (Å²) >= 11 is 2.09. The van der Waals surface area contributed by atoms with Crippen molar-refractivity contribution in [2.75, 3.05) is 0 Å². The number of carbonyl (C=O) groups is 2. The summed E-state index contributed by atoms with van der Waals surface area (Å²) in [5.74, 6) is 0. The molecule has 2 nitrogen and oxygen atoms in total. The molecule has 0 spiro atoms. The second kappa shape index (κ2) is 5.33. The van der Waals surface area contributed by atoms with E-state index in [0.29, 0.717) is 0 Å². The highest BCUT2D eigenvalue weighted by Gasteiger charge is 2.30. The number of thioether (sulfide) groups is 2. The van der Waals surface area contributed by atoms with Gasteiger partial charge in [-0.2, -0.15) is 8.78 Å². The summed E-state index contributed by atoms with van der Waals surface area (Å²) in [5.41, 5.74) is 0.0141. The van der Waals surface area contributed by atoms with Gasteiger partial charge in [0.1, 0.15) is 5.57 Å². The smallest absolute Gasteiger partial charge is 0.255 e. The minimum Gasteiger partial charge on any atom is -0.255 e. The highest BCUT2D eigenvalue weighted by atomic mass is 32.2. The minimum absolute atomic E-state index is 0.0542. The number of carbonyl (C=O) groups excluding carboxylic acids is 2. The van der Waals surface area contributed by atoms with Crippen molar-refractivity contribution in [3.63, 3.8) is 0 Å². The maximum atomic E-state index is 12.8. The molecule has 1 aliphatic rings. The maximum absolute atomic E-state index is 12.8. The van der Waals surface area contributed by atoms with Gasteiger partial charge in [0.25, 0.3) is 0 Å². The fourth-order valence-electron chi connectivity index (χ4n) is 1.70. The lowest BCUT2D eigenvalue weighted by molar-refractivity contribution is -0.132. The predicted octanol–water partition coefficient (Wildman–Crippen LogP) is 4.39. The molecule has 0 radical (unpaired) electrons. The van der Waals surface area contributed by atoms with Crippen LogP contribution >= 0.6 is 23.5 Å². The van der Waals surface area contributed by atoms with E-state index < -0.39 is 17.6 Å². The second-order valence-corrected chi connectivity index (χ2v) is 7.69. The number of fused-ring (bicyclic) bond motifs is 1. The first-order chi connectivity index (χ1) is 9.20. The Labute approximate surface area is 124 Å². The molecule has 0 aromatic heterocycles. The van der Waals surface area contributed by atoms with Crippen LogP contribution in [0.5, 0.6) is 0 Å². The molecule has 0 bridgehead atoms. The van der Waals surface area contributed by atoms with E-state index in [1.54, 1.807) is 0 Å². The highest BCUT2D eigenvalue weighted by Crippen LogP contribution is 2.53. The van der Waals surface area contributed by atoms with Crippen LogP contribution in [0.1, 0.15) is 26.3 Å². The summed E-state index contributed by atoms with van der Waals surface area (Å²) in [6, 6.07) is 1.63. The summed E-state index contributed by atoms with van der Waals surface area (Å²) in [4.78, 5) is 23.1. The Bertz CT molecular complexity index is 615. The molecule has 1 aromatic rings. The summed E-state index contributed by atoms with van der Waals surface area (Å²) in [6.45, 7) is 6.17. The molecule has 0 aliphatic carbocycles. The molecule has 0 N–H and O–H groups in total. The molecule has 106 valence electrons. The zero-order chi connectivity index (χ0) is 15.1. The molecule has 1 aromatic carbocycles. The molecule has 2 rings (SSSR count). The zero-order valence-electron chi connectivity index (χ0n) is 11.1. The van der Waals surface area contributed by atoms with E-state index in [1.807, 2.05) is 18.2 Å². The van der Waals surface area contributed by atoms with Crippen LogP contribution in [0.3, 0.4) is 0 Å². The van der Waals surface area contributed by atoms with Crippen LogP contribution in [0.25, 0.3) is 0 Å². The fourth-order valence-corrected chi connectivity index (χ4v) is 4.23. The Hall–Kier alpha value is -1.14. The van der Waals surface area contributed by atoms with Crippen LogP contribution in [0.15, 0.2) is 37.8 Å². The number of hydrogen-bond acceptors (Lipinski definition) is 4. The van der Waals surface area contributed by atoms with Crippen molar-refractivity contribution in [2.45, 2.75) is 36.0 Å². The Morgan fingerprint density at radius 3 is 2.05 bits per heavy atom. The highest BCUT2D eigenvalue weighted by molar-refractivity contribution is 8.24. The van der Waals surface area contributed by atoms with Crippen LogP contribution in [0.2, 0.25) is 0 Å². The van der Waals surface area contributed by atoms with E-state index >= 15 is 0 Å². The third kappa shape index (κ3) is 2.96. The quantitative estimate of drug-likeness (QED) is 0.351.